The Morgan fingerprint density at radius 3 is 2.56 bits per heavy atom. The number of aromatic hydroxyl groups is 1. The zero-order valence-electron chi connectivity index (χ0n) is 8.77. The number of methoxy groups -OCH3 is 1. The van der Waals surface area contributed by atoms with Crippen LogP contribution < -0.4 is 4.74 Å². The standard InChI is InChI=1S/C13H11ClO2/c1-16-13-5-3-2-4-10(13)11-8-9(14)6-7-12(11)15/h2-8,15H,1H3. The van der Waals surface area contributed by atoms with Gasteiger partial charge in [-0.3, -0.25) is 0 Å². The quantitative estimate of drug-likeness (QED) is 0.858. The van der Waals surface area contributed by atoms with Gasteiger partial charge in [-0.05, 0) is 24.3 Å². The van der Waals surface area contributed by atoms with Gasteiger partial charge in [0.2, 0.25) is 0 Å². The van der Waals surface area contributed by atoms with Gasteiger partial charge in [0.15, 0.2) is 0 Å². The first-order valence-corrected chi connectivity index (χ1v) is 5.22. The third-order valence-corrected chi connectivity index (χ3v) is 2.59. The number of halogens is 1. The molecule has 0 saturated carbocycles. The topological polar surface area (TPSA) is 29.5 Å². The molecular formula is C13H11ClO2. The summed E-state index contributed by atoms with van der Waals surface area (Å²) in [4.78, 5) is 0. The lowest BCUT2D eigenvalue weighted by atomic mass is 10.0. The van der Waals surface area contributed by atoms with Crippen LogP contribution in [0.3, 0.4) is 0 Å². The molecule has 16 heavy (non-hydrogen) atoms. The molecule has 0 saturated heterocycles. The first kappa shape index (κ1) is 10.8. The first-order chi connectivity index (χ1) is 7.72. The number of benzene rings is 2. The Hall–Kier alpha value is -1.67. The predicted molar refractivity (Wildman–Crippen MR) is 65.1 cm³/mol. The molecule has 2 aromatic carbocycles. The summed E-state index contributed by atoms with van der Waals surface area (Å²) in [6, 6.07) is 12.4. The van der Waals surface area contributed by atoms with Crippen LogP contribution in [0.2, 0.25) is 5.02 Å². The Bertz CT molecular complexity index is 509. The molecule has 0 aliphatic heterocycles. The van der Waals surface area contributed by atoms with Crippen LogP contribution in [0.5, 0.6) is 11.5 Å². The number of phenols is 1. The second-order valence-corrected chi connectivity index (χ2v) is 3.80. The molecule has 0 spiro atoms. The molecule has 0 fully saturated rings. The molecule has 2 rings (SSSR count). The van der Waals surface area contributed by atoms with Gasteiger partial charge < -0.3 is 9.84 Å². The van der Waals surface area contributed by atoms with E-state index in [1.807, 2.05) is 24.3 Å². The van der Waals surface area contributed by atoms with Gasteiger partial charge in [-0.15, -0.1) is 0 Å². The number of hydrogen-bond acceptors (Lipinski definition) is 2. The van der Waals surface area contributed by atoms with Crippen LogP contribution in [-0.4, -0.2) is 12.2 Å². The fourth-order valence-corrected chi connectivity index (χ4v) is 1.76. The fraction of sp³-hybridized carbons (Fsp3) is 0.0769. The van der Waals surface area contributed by atoms with Crippen molar-refractivity contribution in [2.45, 2.75) is 0 Å². The summed E-state index contributed by atoms with van der Waals surface area (Å²) in [6.07, 6.45) is 0. The van der Waals surface area contributed by atoms with Crippen LogP contribution in [0.25, 0.3) is 11.1 Å². The van der Waals surface area contributed by atoms with Crippen LogP contribution in [0.1, 0.15) is 0 Å². The van der Waals surface area contributed by atoms with E-state index in [9.17, 15) is 5.11 Å². The van der Waals surface area contributed by atoms with Crippen molar-refractivity contribution < 1.29 is 9.84 Å². The second kappa shape index (κ2) is 4.45. The molecule has 1 N–H and O–H groups in total. The van der Waals surface area contributed by atoms with Crippen molar-refractivity contribution in [1.29, 1.82) is 0 Å². The van der Waals surface area contributed by atoms with Gasteiger partial charge >= 0.3 is 0 Å². The highest BCUT2D eigenvalue weighted by molar-refractivity contribution is 6.31. The fourth-order valence-electron chi connectivity index (χ4n) is 1.59. The third kappa shape index (κ3) is 1.97. The maximum absolute atomic E-state index is 9.79. The van der Waals surface area contributed by atoms with E-state index in [0.717, 1.165) is 5.56 Å². The van der Waals surface area contributed by atoms with E-state index in [1.165, 1.54) is 0 Å². The molecule has 0 atom stereocenters. The zero-order chi connectivity index (χ0) is 11.5. The summed E-state index contributed by atoms with van der Waals surface area (Å²) in [6.45, 7) is 0. The second-order valence-electron chi connectivity index (χ2n) is 3.36. The smallest absolute Gasteiger partial charge is 0.126 e. The first-order valence-electron chi connectivity index (χ1n) is 4.84. The number of phenolic OH excluding ortho intramolecular Hbond substituents is 1. The van der Waals surface area contributed by atoms with E-state index in [0.29, 0.717) is 16.3 Å². The lowest BCUT2D eigenvalue weighted by molar-refractivity contribution is 0.415. The molecule has 0 heterocycles. The Balaban J connectivity index is 2.62. The summed E-state index contributed by atoms with van der Waals surface area (Å²) < 4.78 is 5.24. The van der Waals surface area contributed by atoms with Crippen molar-refractivity contribution in [3.63, 3.8) is 0 Å². The van der Waals surface area contributed by atoms with Gasteiger partial charge in [-0.2, -0.15) is 0 Å². The summed E-state index contributed by atoms with van der Waals surface area (Å²) >= 11 is 5.91. The average molecular weight is 235 g/mol. The normalized spacial score (nSPS) is 10.1. The van der Waals surface area contributed by atoms with Crippen molar-refractivity contribution in [3.05, 3.63) is 47.5 Å². The summed E-state index contributed by atoms with van der Waals surface area (Å²) in [7, 11) is 1.60. The minimum atomic E-state index is 0.189. The molecule has 2 aromatic rings. The molecule has 0 aliphatic rings. The molecule has 82 valence electrons. The van der Waals surface area contributed by atoms with E-state index in [-0.39, 0.29) is 5.75 Å². The Labute approximate surface area is 99.1 Å². The minimum absolute atomic E-state index is 0.189. The Morgan fingerprint density at radius 2 is 1.81 bits per heavy atom. The minimum Gasteiger partial charge on any atom is -0.507 e. The molecule has 3 heteroatoms. The highest BCUT2D eigenvalue weighted by Crippen LogP contribution is 2.36. The third-order valence-electron chi connectivity index (χ3n) is 2.36. The van der Waals surface area contributed by atoms with E-state index >= 15 is 0 Å². The van der Waals surface area contributed by atoms with Crippen LogP contribution in [0, 0.1) is 0 Å². The number of para-hydroxylation sites is 1. The van der Waals surface area contributed by atoms with Crippen LogP contribution in [-0.2, 0) is 0 Å². The number of ether oxygens (including phenoxy) is 1. The molecule has 0 amide bonds. The van der Waals surface area contributed by atoms with Crippen molar-refractivity contribution in [1.82, 2.24) is 0 Å². The summed E-state index contributed by atoms with van der Waals surface area (Å²) in [5.41, 5.74) is 1.50. The Morgan fingerprint density at radius 1 is 1.06 bits per heavy atom. The summed E-state index contributed by atoms with van der Waals surface area (Å²) in [5.74, 6) is 0.897. The van der Waals surface area contributed by atoms with Gasteiger partial charge in [0.25, 0.3) is 0 Å². The maximum atomic E-state index is 9.79. The lowest BCUT2D eigenvalue weighted by Crippen LogP contribution is -1.87. The zero-order valence-corrected chi connectivity index (χ0v) is 9.53. The van der Waals surface area contributed by atoms with E-state index in [2.05, 4.69) is 0 Å². The highest BCUT2D eigenvalue weighted by atomic mass is 35.5. The molecule has 2 nitrogen and oxygen atoms in total. The average Bonchev–Trinajstić information content (AvgIpc) is 2.32. The van der Waals surface area contributed by atoms with E-state index < -0.39 is 0 Å². The van der Waals surface area contributed by atoms with E-state index in [1.54, 1.807) is 25.3 Å². The highest BCUT2D eigenvalue weighted by Gasteiger charge is 2.09. The van der Waals surface area contributed by atoms with Crippen molar-refractivity contribution in [3.8, 4) is 22.6 Å². The summed E-state index contributed by atoms with van der Waals surface area (Å²) in [5, 5.41) is 10.4. The van der Waals surface area contributed by atoms with Gasteiger partial charge in [-0.25, -0.2) is 0 Å². The van der Waals surface area contributed by atoms with Crippen LogP contribution in [0.15, 0.2) is 42.5 Å². The maximum Gasteiger partial charge on any atom is 0.126 e. The van der Waals surface area contributed by atoms with Gasteiger partial charge in [-0.1, -0.05) is 29.8 Å². The largest absolute Gasteiger partial charge is 0.507 e. The Kier molecular flexibility index (Phi) is 3.02. The van der Waals surface area contributed by atoms with Gasteiger partial charge in [0.1, 0.15) is 11.5 Å². The number of rotatable bonds is 2. The van der Waals surface area contributed by atoms with Gasteiger partial charge in [0.05, 0.1) is 7.11 Å². The van der Waals surface area contributed by atoms with Crippen LogP contribution >= 0.6 is 11.6 Å². The molecular weight excluding hydrogens is 224 g/mol. The number of hydrogen-bond donors (Lipinski definition) is 1. The van der Waals surface area contributed by atoms with E-state index in [4.69, 9.17) is 16.3 Å². The lowest BCUT2D eigenvalue weighted by Gasteiger charge is -2.10. The van der Waals surface area contributed by atoms with Crippen molar-refractivity contribution >= 4 is 11.6 Å². The van der Waals surface area contributed by atoms with Crippen molar-refractivity contribution in [2.75, 3.05) is 7.11 Å². The van der Waals surface area contributed by atoms with Crippen LogP contribution in [0.4, 0.5) is 0 Å². The predicted octanol–water partition coefficient (Wildman–Crippen LogP) is 3.72. The molecule has 0 aliphatic carbocycles. The van der Waals surface area contributed by atoms with Crippen molar-refractivity contribution in [2.24, 2.45) is 0 Å². The van der Waals surface area contributed by atoms with Gasteiger partial charge in [0, 0.05) is 16.1 Å². The molecule has 0 radical (unpaired) electrons. The molecule has 0 unspecified atom stereocenters. The monoisotopic (exact) mass is 234 g/mol. The molecule has 0 bridgehead atoms. The molecule has 0 aromatic heterocycles. The SMILES string of the molecule is COc1ccccc1-c1cc(Cl)ccc1O.